The number of phenols is 1. The van der Waals surface area contributed by atoms with E-state index in [9.17, 15) is 9.90 Å². The van der Waals surface area contributed by atoms with E-state index >= 15 is 0 Å². The van der Waals surface area contributed by atoms with Crippen molar-refractivity contribution in [1.82, 2.24) is 5.43 Å². The Morgan fingerprint density at radius 2 is 1.68 bits per heavy atom. The molecule has 2 N–H and O–H groups in total. The van der Waals surface area contributed by atoms with Crippen molar-refractivity contribution in [1.29, 1.82) is 0 Å². The Balaban J connectivity index is 1.39. The van der Waals surface area contributed by atoms with Gasteiger partial charge < -0.3 is 14.7 Å². The highest BCUT2D eigenvalue weighted by molar-refractivity contribution is 5.95. The van der Waals surface area contributed by atoms with E-state index in [-0.39, 0.29) is 11.7 Å². The van der Waals surface area contributed by atoms with Gasteiger partial charge in [0.05, 0.1) is 13.3 Å². The second kappa shape index (κ2) is 8.52. The zero-order chi connectivity index (χ0) is 22.0. The van der Waals surface area contributed by atoms with Crippen molar-refractivity contribution in [2.24, 2.45) is 5.10 Å². The number of methoxy groups -OCH3 is 1. The molecule has 0 fully saturated rings. The Labute approximate surface area is 181 Å². The third-order valence-corrected chi connectivity index (χ3v) is 5.62. The van der Waals surface area contributed by atoms with Crippen LogP contribution in [0.25, 0.3) is 0 Å². The summed E-state index contributed by atoms with van der Waals surface area (Å²) < 4.78 is 5.06. The number of nitrogens with zero attached hydrogens (tertiary/aromatic N) is 2. The number of amides is 1. The van der Waals surface area contributed by atoms with E-state index in [1.165, 1.54) is 41.6 Å². The van der Waals surface area contributed by atoms with Crippen molar-refractivity contribution in [2.75, 3.05) is 12.0 Å². The zero-order valence-electron chi connectivity index (χ0n) is 17.8. The molecule has 1 aliphatic heterocycles. The molecule has 6 nitrogen and oxygen atoms in total. The normalized spacial score (nSPS) is 12.8. The molecule has 0 unspecified atom stereocenters. The highest BCUT2D eigenvalue weighted by atomic mass is 16.5. The van der Waals surface area contributed by atoms with E-state index in [0.717, 1.165) is 18.8 Å². The molecule has 0 saturated carbocycles. The number of phenolic OH excluding ortho intramolecular Hbond substituents is 1. The molecule has 1 amide bonds. The van der Waals surface area contributed by atoms with Crippen molar-refractivity contribution < 1.29 is 14.6 Å². The van der Waals surface area contributed by atoms with Gasteiger partial charge in [0.25, 0.3) is 5.91 Å². The molecule has 1 aliphatic rings. The number of carbonyl (C=O) groups excluding carboxylic acids is 1. The number of nitrogens with one attached hydrogen (secondary N) is 1. The molecule has 3 aromatic rings. The Morgan fingerprint density at radius 3 is 2.29 bits per heavy atom. The summed E-state index contributed by atoms with van der Waals surface area (Å²) in [4.78, 5) is 14.7. The van der Waals surface area contributed by atoms with E-state index in [1.54, 1.807) is 12.1 Å². The van der Waals surface area contributed by atoms with Gasteiger partial charge in [0.1, 0.15) is 0 Å². The van der Waals surface area contributed by atoms with Crippen LogP contribution in [0.4, 0.5) is 5.69 Å². The number of benzene rings is 3. The molecule has 0 aromatic heterocycles. The maximum atomic E-state index is 12.4. The zero-order valence-corrected chi connectivity index (χ0v) is 17.8. The van der Waals surface area contributed by atoms with Crippen molar-refractivity contribution in [2.45, 2.75) is 26.9 Å². The molecule has 31 heavy (non-hydrogen) atoms. The first-order chi connectivity index (χ1) is 14.9. The Morgan fingerprint density at radius 1 is 1.03 bits per heavy atom. The van der Waals surface area contributed by atoms with Crippen LogP contribution in [0.3, 0.4) is 0 Å². The van der Waals surface area contributed by atoms with Crippen molar-refractivity contribution in [3.05, 3.63) is 88.0 Å². The van der Waals surface area contributed by atoms with Crippen LogP contribution in [0.5, 0.6) is 11.5 Å². The number of anilines is 1. The number of hydrogen-bond acceptors (Lipinski definition) is 5. The van der Waals surface area contributed by atoms with Gasteiger partial charge in [-0.15, -0.1) is 0 Å². The molecule has 4 rings (SSSR count). The topological polar surface area (TPSA) is 74.2 Å². The monoisotopic (exact) mass is 415 g/mol. The predicted octanol–water partition coefficient (Wildman–Crippen LogP) is 4.30. The van der Waals surface area contributed by atoms with Crippen LogP contribution < -0.4 is 15.1 Å². The third kappa shape index (κ3) is 4.38. The van der Waals surface area contributed by atoms with E-state index in [4.69, 9.17) is 4.74 Å². The minimum absolute atomic E-state index is 0.0511. The van der Waals surface area contributed by atoms with Gasteiger partial charge in [-0.25, -0.2) is 5.43 Å². The lowest BCUT2D eigenvalue weighted by Crippen LogP contribution is -2.18. The van der Waals surface area contributed by atoms with Gasteiger partial charge in [-0.3, -0.25) is 4.79 Å². The smallest absolute Gasteiger partial charge is 0.271 e. The maximum Gasteiger partial charge on any atom is 0.271 e. The highest BCUT2D eigenvalue weighted by Crippen LogP contribution is 2.30. The third-order valence-electron chi connectivity index (χ3n) is 5.62. The Kier molecular flexibility index (Phi) is 5.62. The van der Waals surface area contributed by atoms with Crippen molar-refractivity contribution in [3.63, 3.8) is 0 Å². The standard InChI is InChI=1S/C25H25N3O3/c1-16-10-20-14-28(15-21(20)11-17(16)2)22-7-5-19(6-8-22)25(30)27-26-13-18-4-9-23(29)24(12-18)31-3/h4-13,29H,14-15H2,1-3H3,(H,27,30)/b26-13-. The molecule has 0 aliphatic carbocycles. The number of carbonyl (C=O) groups is 1. The Hall–Kier alpha value is -3.80. The summed E-state index contributed by atoms with van der Waals surface area (Å²) in [6.07, 6.45) is 1.50. The van der Waals surface area contributed by atoms with Crippen LogP contribution in [-0.4, -0.2) is 24.3 Å². The van der Waals surface area contributed by atoms with Crippen molar-refractivity contribution >= 4 is 17.8 Å². The number of hydrazone groups is 1. The fourth-order valence-corrected chi connectivity index (χ4v) is 3.71. The largest absolute Gasteiger partial charge is 0.504 e. The summed E-state index contributed by atoms with van der Waals surface area (Å²) in [5.41, 5.74) is 10.2. The molecule has 6 heteroatoms. The second-order valence-electron chi connectivity index (χ2n) is 7.74. The van der Waals surface area contributed by atoms with Gasteiger partial charge in [-0.05, 0) is 84.1 Å². The fourth-order valence-electron chi connectivity index (χ4n) is 3.71. The van der Waals surface area contributed by atoms with Gasteiger partial charge >= 0.3 is 0 Å². The van der Waals surface area contributed by atoms with Crippen LogP contribution >= 0.6 is 0 Å². The lowest BCUT2D eigenvalue weighted by molar-refractivity contribution is 0.0955. The summed E-state index contributed by atoms with van der Waals surface area (Å²) in [6.45, 7) is 6.05. The molecule has 3 aromatic carbocycles. The van der Waals surface area contributed by atoms with Crippen LogP contribution in [0, 0.1) is 13.8 Å². The number of fused-ring (bicyclic) bond motifs is 1. The van der Waals surface area contributed by atoms with Gasteiger partial charge in [0.2, 0.25) is 0 Å². The SMILES string of the molecule is COc1cc(/C=N\NC(=O)c2ccc(N3Cc4cc(C)c(C)cc4C3)cc2)ccc1O. The van der Waals surface area contributed by atoms with Gasteiger partial charge in [0, 0.05) is 24.3 Å². The summed E-state index contributed by atoms with van der Waals surface area (Å²) in [5.74, 6) is 0.111. The molecule has 0 bridgehead atoms. The maximum absolute atomic E-state index is 12.4. The van der Waals surface area contributed by atoms with Crippen LogP contribution in [0.15, 0.2) is 59.7 Å². The van der Waals surface area contributed by atoms with E-state index in [2.05, 4.69) is 41.4 Å². The average molecular weight is 415 g/mol. The minimum atomic E-state index is -0.287. The molecule has 0 radical (unpaired) electrons. The molecule has 0 saturated heterocycles. The fraction of sp³-hybridized carbons (Fsp3) is 0.200. The summed E-state index contributed by atoms with van der Waals surface area (Å²) in [7, 11) is 1.48. The first-order valence-electron chi connectivity index (χ1n) is 10.1. The number of hydrogen-bond donors (Lipinski definition) is 2. The van der Waals surface area contributed by atoms with E-state index in [1.807, 2.05) is 24.3 Å². The predicted molar refractivity (Wildman–Crippen MR) is 122 cm³/mol. The summed E-state index contributed by atoms with van der Waals surface area (Å²) in [5, 5.41) is 13.6. The number of rotatable bonds is 5. The minimum Gasteiger partial charge on any atom is -0.504 e. The molecule has 1 heterocycles. The van der Waals surface area contributed by atoms with Crippen LogP contribution in [-0.2, 0) is 13.1 Å². The molecular formula is C25H25N3O3. The van der Waals surface area contributed by atoms with E-state index < -0.39 is 0 Å². The van der Waals surface area contributed by atoms with Crippen molar-refractivity contribution in [3.8, 4) is 11.5 Å². The number of aromatic hydroxyl groups is 1. The first kappa shape index (κ1) is 20.5. The molecule has 0 spiro atoms. The summed E-state index contributed by atoms with van der Waals surface area (Å²) in [6, 6.07) is 16.9. The first-order valence-corrected chi connectivity index (χ1v) is 10.1. The molecular weight excluding hydrogens is 390 g/mol. The summed E-state index contributed by atoms with van der Waals surface area (Å²) >= 11 is 0. The lowest BCUT2D eigenvalue weighted by Gasteiger charge is -2.17. The van der Waals surface area contributed by atoms with Gasteiger partial charge in [-0.2, -0.15) is 5.10 Å². The quantitative estimate of drug-likeness (QED) is 0.481. The average Bonchev–Trinajstić information content (AvgIpc) is 3.18. The van der Waals surface area contributed by atoms with Crippen LogP contribution in [0.2, 0.25) is 0 Å². The molecule has 0 atom stereocenters. The lowest BCUT2D eigenvalue weighted by atomic mass is 10.0. The molecule has 158 valence electrons. The van der Waals surface area contributed by atoms with Crippen LogP contribution in [0.1, 0.15) is 38.2 Å². The number of ether oxygens (including phenoxy) is 1. The number of aryl methyl sites for hydroxylation is 2. The van der Waals surface area contributed by atoms with Gasteiger partial charge in [-0.1, -0.05) is 12.1 Å². The van der Waals surface area contributed by atoms with Gasteiger partial charge in [0.15, 0.2) is 11.5 Å². The Bertz CT molecular complexity index is 1120. The highest BCUT2D eigenvalue weighted by Gasteiger charge is 2.20. The second-order valence-corrected chi connectivity index (χ2v) is 7.74. The van der Waals surface area contributed by atoms with E-state index in [0.29, 0.717) is 16.9 Å².